The van der Waals surface area contributed by atoms with Crippen molar-refractivity contribution in [1.82, 2.24) is 0 Å². The minimum absolute atomic E-state index is 0.181. The van der Waals surface area contributed by atoms with E-state index in [0.717, 1.165) is 18.2 Å². The lowest BCUT2D eigenvalue weighted by molar-refractivity contribution is -0.275. The molecule has 0 unspecified atom stereocenters. The first-order valence-corrected chi connectivity index (χ1v) is 8.02. The maximum atomic E-state index is 13.2. The molecule has 0 bridgehead atoms. The minimum atomic E-state index is -5.19. The number of halogens is 7. The highest BCUT2D eigenvalue weighted by Gasteiger charge is 2.36. The second-order valence-corrected chi connectivity index (χ2v) is 6.44. The zero-order valence-corrected chi connectivity index (χ0v) is 13.1. The molecule has 1 N–H and O–H groups in total. The van der Waals surface area contributed by atoms with Gasteiger partial charge in [0.2, 0.25) is 0 Å². The standard InChI is InChI=1S/C14H8F7NO3S/c15-10-6-5-8(7-9(10)13(16,17)18)22-26(23,24)12-4-2-1-3-11(12)25-14(19,20)21/h1-7,22H. The first-order valence-electron chi connectivity index (χ1n) is 6.54. The molecule has 0 radical (unpaired) electrons. The van der Waals surface area contributed by atoms with Gasteiger partial charge in [-0.05, 0) is 30.3 Å². The summed E-state index contributed by atoms with van der Waals surface area (Å²) in [5.74, 6) is -2.72. The summed E-state index contributed by atoms with van der Waals surface area (Å²) in [5.41, 5.74) is -2.43. The van der Waals surface area contributed by atoms with Crippen LogP contribution in [0.15, 0.2) is 47.4 Å². The van der Waals surface area contributed by atoms with E-state index in [1.807, 2.05) is 0 Å². The van der Waals surface area contributed by atoms with Gasteiger partial charge in [-0.15, -0.1) is 13.2 Å². The fourth-order valence-electron chi connectivity index (χ4n) is 1.90. The van der Waals surface area contributed by atoms with Crippen LogP contribution in [0.2, 0.25) is 0 Å². The van der Waals surface area contributed by atoms with E-state index in [2.05, 4.69) is 4.74 Å². The second-order valence-electron chi connectivity index (χ2n) is 4.79. The Morgan fingerprint density at radius 1 is 0.923 bits per heavy atom. The lowest BCUT2D eigenvalue weighted by Crippen LogP contribution is -2.21. The van der Waals surface area contributed by atoms with Gasteiger partial charge in [-0.3, -0.25) is 4.72 Å². The van der Waals surface area contributed by atoms with Crippen LogP contribution in [-0.2, 0) is 16.2 Å². The van der Waals surface area contributed by atoms with Gasteiger partial charge in [0.05, 0.1) is 5.56 Å². The Bertz CT molecular complexity index is 907. The van der Waals surface area contributed by atoms with Crippen LogP contribution in [0.1, 0.15) is 5.56 Å². The van der Waals surface area contributed by atoms with Gasteiger partial charge in [0.15, 0.2) is 0 Å². The number of hydrogen-bond acceptors (Lipinski definition) is 3. The maximum Gasteiger partial charge on any atom is 0.573 e. The van der Waals surface area contributed by atoms with E-state index in [1.165, 1.54) is 0 Å². The maximum absolute atomic E-state index is 13.2. The smallest absolute Gasteiger partial charge is 0.404 e. The summed E-state index contributed by atoms with van der Waals surface area (Å²) in [6.45, 7) is 0. The van der Waals surface area contributed by atoms with Gasteiger partial charge in [-0.1, -0.05) is 12.1 Å². The average Bonchev–Trinajstić information content (AvgIpc) is 2.46. The van der Waals surface area contributed by atoms with E-state index < -0.39 is 50.3 Å². The number of nitrogens with one attached hydrogen (secondary N) is 1. The summed E-state index contributed by atoms with van der Waals surface area (Å²) in [4.78, 5) is -0.963. The van der Waals surface area contributed by atoms with E-state index in [9.17, 15) is 39.2 Å². The molecule has 0 fully saturated rings. The summed E-state index contributed by atoms with van der Waals surface area (Å²) < 4.78 is 118. The van der Waals surface area contributed by atoms with Crippen molar-refractivity contribution in [3.05, 3.63) is 53.8 Å². The predicted molar refractivity (Wildman–Crippen MR) is 75.3 cm³/mol. The molecule has 0 aliphatic carbocycles. The van der Waals surface area contributed by atoms with Crippen LogP contribution in [0.25, 0.3) is 0 Å². The number of rotatable bonds is 4. The summed E-state index contributed by atoms with van der Waals surface area (Å²) >= 11 is 0. The topological polar surface area (TPSA) is 55.4 Å². The van der Waals surface area contributed by atoms with Gasteiger partial charge in [0.1, 0.15) is 16.5 Å². The average molecular weight is 403 g/mol. The van der Waals surface area contributed by atoms with Gasteiger partial charge in [-0.25, -0.2) is 12.8 Å². The van der Waals surface area contributed by atoms with Crippen molar-refractivity contribution in [2.45, 2.75) is 17.4 Å². The number of alkyl halides is 6. The van der Waals surface area contributed by atoms with Crippen LogP contribution in [0.4, 0.5) is 36.4 Å². The number of para-hydroxylation sites is 1. The van der Waals surface area contributed by atoms with Crippen LogP contribution in [0, 0.1) is 5.82 Å². The van der Waals surface area contributed by atoms with Crippen molar-refractivity contribution in [2.75, 3.05) is 4.72 Å². The molecule has 4 nitrogen and oxygen atoms in total. The SMILES string of the molecule is O=S(=O)(Nc1ccc(F)c(C(F)(F)F)c1)c1ccccc1OC(F)(F)F. The molecule has 0 aromatic heterocycles. The number of sulfonamides is 1. The second kappa shape index (κ2) is 6.67. The predicted octanol–water partition coefficient (Wildman–Crippen LogP) is 4.54. The summed E-state index contributed by atoms with van der Waals surface area (Å²) in [6, 6.07) is 4.88. The minimum Gasteiger partial charge on any atom is -0.404 e. The van der Waals surface area contributed by atoms with Crippen molar-refractivity contribution >= 4 is 15.7 Å². The molecule has 2 rings (SSSR count). The Hall–Kier alpha value is -2.50. The summed E-state index contributed by atoms with van der Waals surface area (Å²) in [6.07, 6.45) is -10.3. The third-order valence-electron chi connectivity index (χ3n) is 2.89. The fraction of sp³-hybridized carbons (Fsp3) is 0.143. The Balaban J connectivity index is 2.42. The lowest BCUT2D eigenvalue weighted by Gasteiger charge is -2.15. The molecule has 0 aliphatic heterocycles. The molecular formula is C14H8F7NO3S. The monoisotopic (exact) mass is 403 g/mol. The quantitative estimate of drug-likeness (QED) is 0.763. The third-order valence-corrected chi connectivity index (χ3v) is 4.31. The van der Waals surface area contributed by atoms with Crippen LogP contribution in [0.5, 0.6) is 5.75 Å². The molecule has 0 aliphatic rings. The summed E-state index contributed by atoms with van der Waals surface area (Å²) in [5, 5.41) is 0. The van der Waals surface area contributed by atoms with Crippen molar-refractivity contribution in [2.24, 2.45) is 0 Å². The molecule has 0 saturated carbocycles. The molecule has 0 amide bonds. The number of benzene rings is 2. The number of ether oxygens (including phenoxy) is 1. The van der Waals surface area contributed by atoms with Gasteiger partial charge in [-0.2, -0.15) is 13.2 Å². The van der Waals surface area contributed by atoms with E-state index in [4.69, 9.17) is 0 Å². The van der Waals surface area contributed by atoms with Crippen molar-refractivity contribution < 1.29 is 43.9 Å². The first-order chi connectivity index (χ1) is 11.8. The Labute approximate surface area is 142 Å². The Morgan fingerprint density at radius 3 is 2.12 bits per heavy atom. The molecule has 26 heavy (non-hydrogen) atoms. The zero-order chi connectivity index (χ0) is 19.8. The molecule has 0 heterocycles. The van der Waals surface area contributed by atoms with Gasteiger partial charge in [0, 0.05) is 5.69 Å². The van der Waals surface area contributed by atoms with Crippen LogP contribution in [0.3, 0.4) is 0 Å². The van der Waals surface area contributed by atoms with E-state index in [0.29, 0.717) is 18.2 Å². The van der Waals surface area contributed by atoms with Gasteiger partial charge in [0.25, 0.3) is 10.0 Å². The zero-order valence-electron chi connectivity index (χ0n) is 12.3. The number of hydrogen-bond donors (Lipinski definition) is 1. The normalized spacial score (nSPS) is 12.7. The largest absolute Gasteiger partial charge is 0.573 e. The van der Waals surface area contributed by atoms with E-state index in [1.54, 1.807) is 4.72 Å². The molecule has 0 saturated heterocycles. The molecule has 0 atom stereocenters. The fourth-order valence-corrected chi connectivity index (χ4v) is 3.08. The van der Waals surface area contributed by atoms with Gasteiger partial charge >= 0.3 is 12.5 Å². The first kappa shape index (κ1) is 19.8. The van der Waals surface area contributed by atoms with Crippen LogP contribution >= 0.6 is 0 Å². The molecule has 2 aromatic carbocycles. The highest BCUT2D eigenvalue weighted by Crippen LogP contribution is 2.34. The van der Waals surface area contributed by atoms with Crippen molar-refractivity contribution in [3.8, 4) is 5.75 Å². The molecule has 12 heteroatoms. The summed E-state index contributed by atoms with van der Waals surface area (Å²) in [7, 11) is -4.76. The van der Waals surface area contributed by atoms with Crippen LogP contribution in [-0.4, -0.2) is 14.8 Å². The van der Waals surface area contributed by atoms with Crippen molar-refractivity contribution in [3.63, 3.8) is 0 Å². The van der Waals surface area contributed by atoms with E-state index >= 15 is 0 Å². The highest BCUT2D eigenvalue weighted by atomic mass is 32.2. The molecule has 142 valence electrons. The number of anilines is 1. The van der Waals surface area contributed by atoms with Gasteiger partial charge < -0.3 is 4.74 Å². The van der Waals surface area contributed by atoms with Crippen LogP contribution < -0.4 is 9.46 Å². The lowest BCUT2D eigenvalue weighted by atomic mass is 10.2. The molecule has 2 aromatic rings. The van der Waals surface area contributed by atoms with Crippen molar-refractivity contribution in [1.29, 1.82) is 0 Å². The highest BCUT2D eigenvalue weighted by molar-refractivity contribution is 7.92. The Kier molecular flexibility index (Phi) is 5.08. The Morgan fingerprint density at radius 2 is 1.54 bits per heavy atom. The third kappa shape index (κ3) is 4.77. The van der Waals surface area contributed by atoms with E-state index in [-0.39, 0.29) is 6.07 Å². The molecule has 0 spiro atoms. The molecular weight excluding hydrogens is 395 g/mol.